The van der Waals surface area contributed by atoms with Gasteiger partial charge in [0.2, 0.25) is 10.0 Å². The summed E-state index contributed by atoms with van der Waals surface area (Å²) in [7, 11) is -4.04. The standard InChI is InChI=1S/C15H19N3O6S/c19-18(20)12-7-13-14(24-4-3-23-13)8-15(12)25(21,22)17-11-5-9-1-2-10(6-11)16-9/h7-11,16-17H,1-6H2. The minimum absolute atomic E-state index is 0.191. The Balaban J connectivity index is 1.66. The zero-order chi connectivity index (χ0) is 17.6. The zero-order valence-electron chi connectivity index (χ0n) is 13.4. The van der Waals surface area contributed by atoms with E-state index in [-0.39, 0.29) is 35.7 Å². The van der Waals surface area contributed by atoms with Crippen LogP contribution in [0.15, 0.2) is 17.0 Å². The minimum atomic E-state index is -4.04. The quantitative estimate of drug-likeness (QED) is 0.598. The van der Waals surface area contributed by atoms with Crippen molar-refractivity contribution in [3.8, 4) is 11.5 Å². The SMILES string of the molecule is O=[N+]([O-])c1cc2c(cc1S(=O)(=O)NC1CC3CCC(C1)N3)OCCO2. The molecule has 0 aromatic heterocycles. The van der Waals surface area contributed by atoms with E-state index in [2.05, 4.69) is 10.0 Å². The van der Waals surface area contributed by atoms with Crippen LogP contribution in [0.3, 0.4) is 0 Å². The minimum Gasteiger partial charge on any atom is -0.486 e. The molecule has 0 amide bonds. The molecule has 3 aliphatic heterocycles. The summed E-state index contributed by atoms with van der Waals surface area (Å²) in [6.45, 7) is 0.543. The van der Waals surface area contributed by atoms with E-state index in [0.717, 1.165) is 18.9 Å². The summed E-state index contributed by atoms with van der Waals surface area (Å²) < 4.78 is 39.0. The first-order chi connectivity index (χ1) is 11.9. The normalized spacial score (nSPS) is 27.9. The molecule has 10 heteroatoms. The van der Waals surface area contributed by atoms with Crippen LogP contribution in [-0.2, 0) is 10.0 Å². The lowest BCUT2D eigenvalue weighted by Gasteiger charge is -2.29. The van der Waals surface area contributed by atoms with Gasteiger partial charge in [0.15, 0.2) is 16.4 Å². The molecule has 1 aromatic rings. The first kappa shape index (κ1) is 16.6. The number of fused-ring (bicyclic) bond motifs is 3. The van der Waals surface area contributed by atoms with Crippen LogP contribution < -0.4 is 19.5 Å². The monoisotopic (exact) mass is 369 g/mol. The second kappa shape index (κ2) is 6.11. The lowest BCUT2D eigenvalue weighted by molar-refractivity contribution is -0.388. The molecule has 25 heavy (non-hydrogen) atoms. The smallest absolute Gasteiger partial charge is 0.293 e. The Morgan fingerprint density at radius 2 is 1.72 bits per heavy atom. The van der Waals surface area contributed by atoms with Crippen LogP contribution in [0.2, 0.25) is 0 Å². The zero-order valence-corrected chi connectivity index (χ0v) is 14.3. The molecule has 0 spiro atoms. The topological polar surface area (TPSA) is 120 Å². The Morgan fingerprint density at radius 1 is 1.12 bits per heavy atom. The molecule has 2 fully saturated rings. The van der Waals surface area contributed by atoms with E-state index in [0.29, 0.717) is 24.9 Å². The number of nitro groups is 1. The van der Waals surface area contributed by atoms with Gasteiger partial charge in [0, 0.05) is 24.2 Å². The van der Waals surface area contributed by atoms with Crippen molar-refractivity contribution in [2.45, 2.75) is 48.7 Å². The van der Waals surface area contributed by atoms with Gasteiger partial charge in [0.1, 0.15) is 13.2 Å². The maximum absolute atomic E-state index is 12.8. The molecule has 0 radical (unpaired) electrons. The Kier molecular flexibility index (Phi) is 4.05. The molecular weight excluding hydrogens is 350 g/mol. The summed E-state index contributed by atoms with van der Waals surface area (Å²) in [6, 6.07) is 2.69. The summed E-state index contributed by atoms with van der Waals surface area (Å²) >= 11 is 0. The number of hydrogen-bond acceptors (Lipinski definition) is 7. The van der Waals surface area contributed by atoms with Gasteiger partial charge in [-0.3, -0.25) is 10.1 Å². The molecule has 1 aromatic carbocycles. The highest BCUT2D eigenvalue weighted by Gasteiger charge is 2.37. The predicted octanol–water partition coefficient (Wildman–Crippen LogP) is 0.927. The molecule has 2 unspecified atom stereocenters. The third-order valence-electron chi connectivity index (χ3n) is 4.90. The number of rotatable bonds is 4. The van der Waals surface area contributed by atoms with Gasteiger partial charge in [-0.15, -0.1) is 0 Å². The Hall–Kier alpha value is -1.91. The van der Waals surface area contributed by atoms with Crippen LogP contribution in [0.25, 0.3) is 0 Å². The van der Waals surface area contributed by atoms with Crippen molar-refractivity contribution in [1.29, 1.82) is 0 Å². The van der Waals surface area contributed by atoms with Crippen molar-refractivity contribution in [2.75, 3.05) is 13.2 Å². The van der Waals surface area contributed by atoms with Crippen LogP contribution >= 0.6 is 0 Å². The predicted molar refractivity (Wildman–Crippen MR) is 87.4 cm³/mol. The van der Waals surface area contributed by atoms with E-state index in [9.17, 15) is 18.5 Å². The van der Waals surface area contributed by atoms with Crippen LogP contribution in [0.1, 0.15) is 25.7 Å². The van der Waals surface area contributed by atoms with E-state index < -0.39 is 20.6 Å². The molecule has 3 heterocycles. The van der Waals surface area contributed by atoms with Crippen LogP contribution in [0, 0.1) is 10.1 Å². The number of ether oxygens (including phenoxy) is 2. The van der Waals surface area contributed by atoms with E-state index in [1.54, 1.807) is 0 Å². The van der Waals surface area contributed by atoms with Gasteiger partial charge in [0.05, 0.1) is 11.0 Å². The largest absolute Gasteiger partial charge is 0.486 e. The number of nitrogens with one attached hydrogen (secondary N) is 2. The number of benzene rings is 1. The van der Waals surface area contributed by atoms with Gasteiger partial charge >= 0.3 is 0 Å². The van der Waals surface area contributed by atoms with E-state index in [4.69, 9.17) is 9.47 Å². The summed E-state index contributed by atoms with van der Waals surface area (Å²) in [5.41, 5.74) is -0.506. The molecule has 136 valence electrons. The summed E-state index contributed by atoms with van der Waals surface area (Å²) in [5.74, 6) is 0.402. The highest BCUT2D eigenvalue weighted by atomic mass is 32.2. The molecule has 2 saturated heterocycles. The van der Waals surface area contributed by atoms with Crippen molar-refractivity contribution < 1.29 is 22.8 Å². The molecule has 0 aliphatic carbocycles. The average molecular weight is 369 g/mol. The highest BCUT2D eigenvalue weighted by molar-refractivity contribution is 7.89. The molecule has 3 aliphatic rings. The molecule has 2 N–H and O–H groups in total. The number of sulfonamides is 1. The van der Waals surface area contributed by atoms with Gasteiger partial charge < -0.3 is 14.8 Å². The third-order valence-corrected chi connectivity index (χ3v) is 6.45. The Labute approximate surface area is 144 Å². The summed E-state index contributed by atoms with van der Waals surface area (Å²) in [6.07, 6.45) is 3.45. The highest BCUT2D eigenvalue weighted by Crippen LogP contribution is 2.39. The fraction of sp³-hybridized carbons (Fsp3) is 0.600. The number of nitrogens with zero attached hydrogens (tertiary/aromatic N) is 1. The molecule has 9 nitrogen and oxygen atoms in total. The molecular formula is C15H19N3O6S. The van der Waals surface area contributed by atoms with Gasteiger partial charge in [-0.2, -0.15) is 0 Å². The van der Waals surface area contributed by atoms with Gasteiger partial charge in [0.25, 0.3) is 5.69 Å². The van der Waals surface area contributed by atoms with E-state index >= 15 is 0 Å². The number of nitro benzene ring substituents is 1. The van der Waals surface area contributed by atoms with Gasteiger partial charge in [-0.1, -0.05) is 0 Å². The van der Waals surface area contributed by atoms with Crippen LogP contribution in [0.5, 0.6) is 11.5 Å². The molecule has 0 saturated carbocycles. The Bertz CT molecular complexity index is 800. The number of piperidine rings is 1. The third kappa shape index (κ3) is 3.16. The first-order valence-corrected chi connectivity index (χ1v) is 9.77. The van der Waals surface area contributed by atoms with E-state index in [1.807, 2.05) is 0 Å². The number of hydrogen-bond donors (Lipinski definition) is 2. The van der Waals surface area contributed by atoms with E-state index in [1.165, 1.54) is 6.07 Å². The molecule has 2 atom stereocenters. The fourth-order valence-electron chi connectivity index (χ4n) is 3.85. The lowest BCUT2D eigenvalue weighted by Crippen LogP contribution is -2.48. The van der Waals surface area contributed by atoms with Gasteiger partial charge in [-0.25, -0.2) is 13.1 Å². The van der Waals surface area contributed by atoms with Crippen LogP contribution in [0.4, 0.5) is 5.69 Å². The molecule has 4 rings (SSSR count). The van der Waals surface area contributed by atoms with Crippen molar-refractivity contribution in [3.63, 3.8) is 0 Å². The maximum Gasteiger partial charge on any atom is 0.293 e. The Morgan fingerprint density at radius 3 is 2.32 bits per heavy atom. The maximum atomic E-state index is 12.8. The van der Waals surface area contributed by atoms with Gasteiger partial charge in [-0.05, 0) is 25.7 Å². The summed E-state index contributed by atoms with van der Waals surface area (Å²) in [5, 5.41) is 14.8. The average Bonchev–Trinajstić information content (AvgIpc) is 2.91. The first-order valence-electron chi connectivity index (χ1n) is 8.29. The van der Waals surface area contributed by atoms with Crippen LogP contribution in [-0.4, -0.2) is 44.7 Å². The van der Waals surface area contributed by atoms with Crippen molar-refractivity contribution in [3.05, 3.63) is 22.2 Å². The fourth-order valence-corrected chi connectivity index (χ4v) is 5.28. The second-order valence-electron chi connectivity index (χ2n) is 6.65. The van der Waals surface area contributed by atoms with Crippen molar-refractivity contribution in [2.24, 2.45) is 0 Å². The summed E-state index contributed by atoms with van der Waals surface area (Å²) in [4.78, 5) is 10.3. The molecule has 2 bridgehead atoms. The van der Waals surface area contributed by atoms with Crippen molar-refractivity contribution in [1.82, 2.24) is 10.0 Å². The lowest BCUT2D eigenvalue weighted by atomic mass is 10.0. The van der Waals surface area contributed by atoms with Crippen molar-refractivity contribution >= 4 is 15.7 Å². The second-order valence-corrected chi connectivity index (χ2v) is 8.33.